The Kier molecular flexibility index (Phi) is 8.36. The minimum absolute atomic E-state index is 0.726. The fourth-order valence-corrected chi connectivity index (χ4v) is 3.69. The van der Waals surface area contributed by atoms with Gasteiger partial charge in [0.15, 0.2) is 0 Å². The molecule has 2 atom stereocenters. The number of likely N-dealkylation sites (tertiary alicyclic amines) is 1. The van der Waals surface area contributed by atoms with E-state index >= 15 is 0 Å². The van der Waals surface area contributed by atoms with E-state index in [4.69, 9.17) is 5.73 Å². The van der Waals surface area contributed by atoms with Gasteiger partial charge in [-0.05, 0) is 76.4 Å². The third kappa shape index (κ3) is 6.44. The van der Waals surface area contributed by atoms with E-state index < -0.39 is 0 Å². The maximum Gasteiger partial charge on any atom is 0.00569 e. The van der Waals surface area contributed by atoms with E-state index in [1.54, 1.807) is 0 Å². The van der Waals surface area contributed by atoms with Gasteiger partial charge in [-0.25, -0.2) is 0 Å². The normalized spacial score (nSPS) is 24.2. The largest absolute Gasteiger partial charge is 0.330 e. The van der Waals surface area contributed by atoms with Gasteiger partial charge in [-0.2, -0.15) is 11.8 Å². The molecule has 0 aromatic carbocycles. The first kappa shape index (κ1) is 16.3. The smallest absolute Gasteiger partial charge is 0.00569 e. The highest BCUT2D eigenvalue weighted by Gasteiger charge is 2.17. The molecule has 2 nitrogen and oxygen atoms in total. The van der Waals surface area contributed by atoms with Gasteiger partial charge in [0, 0.05) is 5.25 Å². The van der Waals surface area contributed by atoms with Crippen LogP contribution in [-0.2, 0) is 0 Å². The van der Waals surface area contributed by atoms with E-state index in [0.717, 1.165) is 23.6 Å². The van der Waals surface area contributed by atoms with Gasteiger partial charge < -0.3 is 10.6 Å². The summed E-state index contributed by atoms with van der Waals surface area (Å²) in [5.74, 6) is 1.51. The topological polar surface area (TPSA) is 29.3 Å². The van der Waals surface area contributed by atoms with E-state index in [9.17, 15) is 0 Å². The lowest BCUT2D eigenvalue weighted by Crippen LogP contribution is -2.29. The molecule has 0 aliphatic carbocycles. The van der Waals surface area contributed by atoms with Crippen molar-refractivity contribution >= 4 is 11.8 Å². The molecule has 0 spiro atoms. The third-order valence-corrected chi connectivity index (χ3v) is 5.23. The molecule has 1 aliphatic heterocycles. The fourth-order valence-electron chi connectivity index (χ4n) is 2.95. The summed E-state index contributed by atoms with van der Waals surface area (Å²) in [6.45, 7) is 9.32. The summed E-state index contributed by atoms with van der Waals surface area (Å²) in [5, 5.41) is 0.899. The zero-order valence-corrected chi connectivity index (χ0v) is 13.3. The van der Waals surface area contributed by atoms with Crippen LogP contribution in [-0.4, -0.2) is 42.6 Å². The van der Waals surface area contributed by atoms with Gasteiger partial charge >= 0.3 is 0 Å². The molecule has 0 aromatic heterocycles. The summed E-state index contributed by atoms with van der Waals surface area (Å²) in [4.78, 5) is 2.67. The van der Waals surface area contributed by atoms with Gasteiger partial charge in [0.05, 0.1) is 0 Å². The van der Waals surface area contributed by atoms with Crippen LogP contribution < -0.4 is 5.73 Å². The Balaban J connectivity index is 2.25. The molecule has 2 N–H and O–H groups in total. The molecule has 1 saturated heterocycles. The van der Waals surface area contributed by atoms with Crippen molar-refractivity contribution in [3.8, 4) is 0 Å². The van der Waals surface area contributed by atoms with Crippen molar-refractivity contribution in [2.24, 2.45) is 17.6 Å². The second kappa shape index (κ2) is 9.22. The van der Waals surface area contributed by atoms with Crippen LogP contribution >= 0.6 is 11.8 Å². The van der Waals surface area contributed by atoms with Crippen molar-refractivity contribution in [2.75, 3.05) is 32.4 Å². The average Bonchev–Trinajstić information content (AvgIpc) is 2.59. The molecule has 1 unspecified atom stereocenters. The van der Waals surface area contributed by atoms with Crippen LogP contribution in [0.1, 0.15) is 46.0 Å². The lowest BCUT2D eigenvalue weighted by Gasteiger charge is -2.24. The molecule has 0 saturated carbocycles. The quantitative estimate of drug-likeness (QED) is 0.771. The minimum atomic E-state index is 0.726. The van der Waals surface area contributed by atoms with Gasteiger partial charge in [-0.3, -0.25) is 0 Å². The number of thioether (sulfide) groups is 1. The van der Waals surface area contributed by atoms with Crippen LogP contribution in [0.4, 0.5) is 0 Å². The lowest BCUT2D eigenvalue weighted by molar-refractivity contribution is 0.251. The minimum Gasteiger partial charge on any atom is -0.330 e. The molecule has 0 bridgehead atoms. The van der Waals surface area contributed by atoms with Crippen molar-refractivity contribution in [1.29, 1.82) is 0 Å². The highest BCUT2D eigenvalue weighted by atomic mass is 32.2. The Labute approximate surface area is 118 Å². The first-order chi connectivity index (χ1) is 8.65. The number of hydrogen-bond acceptors (Lipinski definition) is 3. The second-order valence-corrected chi connectivity index (χ2v) is 7.29. The van der Waals surface area contributed by atoms with Gasteiger partial charge in [0.25, 0.3) is 0 Å². The molecule has 1 fully saturated rings. The van der Waals surface area contributed by atoms with Gasteiger partial charge in [0.2, 0.25) is 0 Å². The van der Waals surface area contributed by atoms with Crippen LogP contribution in [0, 0.1) is 11.8 Å². The number of nitrogens with two attached hydrogens (primary N) is 1. The van der Waals surface area contributed by atoms with Crippen molar-refractivity contribution in [3.05, 3.63) is 0 Å². The van der Waals surface area contributed by atoms with Gasteiger partial charge in [0.1, 0.15) is 0 Å². The number of hydrogen-bond donors (Lipinski definition) is 1. The summed E-state index contributed by atoms with van der Waals surface area (Å²) in [5.41, 5.74) is 5.89. The molecular weight excluding hydrogens is 240 g/mol. The summed E-state index contributed by atoms with van der Waals surface area (Å²) >= 11 is 2.05. The Morgan fingerprint density at radius 3 is 2.67 bits per heavy atom. The summed E-state index contributed by atoms with van der Waals surface area (Å²) in [7, 11) is 0. The molecular formula is C15H32N2S. The third-order valence-electron chi connectivity index (χ3n) is 4.09. The molecule has 18 heavy (non-hydrogen) atoms. The van der Waals surface area contributed by atoms with Crippen molar-refractivity contribution in [1.82, 2.24) is 4.90 Å². The monoisotopic (exact) mass is 272 g/mol. The van der Waals surface area contributed by atoms with E-state index in [-0.39, 0.29) is 0 Å². The van der Waals surface area contributed by atoms with E-state index in [2.05, 4.69) is 36.8 Å². The Morgan fingerprint density at radius 2 is 2.06 bits per heavy atom. The molecule has 108 valence electrons. The SMILES string of the molecule is CSC1CCCN(CC[C@@H](CN)CC(C)C)CC1. The summed E-state index contributed by atoms with van der Waals surface area (Å²) in [6.07, 6.45) is 9.00. The van der Waals surface area contributed by atoms with Gasteiger partial charge in [-0.15, -0.1) is 0 Å². The molecule has 1 rings (SSSR count). The van der Waals surface area contributed by atoms with Crippen LogP contribution in [0.25, 0.3) is 0 Å². The first-order valence-corrected chi connectivity index (χ1v) is 8.89. The zero-order chi connectivity index (χ0) is 13.4. The Hall–Kier alpha value is 0.270. The molecule has 3 heteroatoms. The Morgan fingerprint density at radius 1 is 1.28 bits per heavy atom. The predicted octanol–water partition coefficient (Wildman–Crippen LogP) is 3.22. The van der Waals surface area contributed by atoms with Crippen molar-refractivity contribution in [3.63, 3.8) is 0 Å². The summed E-state index contributed by atoms with van der Waals surface area (Å²) in [6, 6.07) is 0. The summed E-state index contributed by atoms with van der Waals surface area (Å²) < 4.78 is 0. The van der Waals surface area contributed by atoms with Crippen LogP contribution in [0.5, 0.6) is 0 Å². The average molecular weight is 273 g/mol. The Bertz CT molecular complexity index is 209. The van der Waals surface area contributed by atoms with Crippen LogP contribution in [0.2, 0.25) is 0 Å². The van der Waals surface area contributed by atoms with Crippen LogP contribution in [0.15, 0.2) is 0 Å². The molecule has 0 amide bonds. The number of nitrogens with zero attached hydrogens (tertiary/aromatic N) is 1. The van der Waals surface area contributed by atoms with Crippen LogP contribution in [0.3, 0.4) is 0 Å². The van der Waals surface area contributed by atoms with Gasteiger partial charge in [-0.1, -0.05) is 13.8 Å². The van der Waals surface area contributed by atoms with E-state index in [0.29, 0.717) is 0 Å². The molecule has 1 heterocycles. The zero-order valence-electron chi connectivity index (χ0n) is 12.5. The second-order valence-electron chi connectivity index (χ2n) is 6.15. The maximum atomic E-state index is 5.89. The first-order valence-electron chi connectivity index (χ1n) is 7.61. The predicted molar refractivity (Wildman–Crippen MR) is 84.2 cm³/mol. The highest BCUT2D eigenvalue weighted by Crippen LogP contribution is 2.22. The lowest BCUT2D eigenvalue weighted by atomic mass is 9.94. The van der Waals surface area contributed by atoms with E-state index in [1.165, 1.54) is 51.7 Å². The number of rotatable bonds is 7. The van der Waals surface area contributed by atoms with E-state index in [1.807, 2.05) is 0 Å². The maximum absolute atomic E-state index is 5.89. The van der Waals surface area contributed by atoms with Crippen molar-refractivity contribution < 1.29 is 0 Å². The molecule has 0 radical (unpaired) electrons. The standard InChI is InChI=1S/C15H32N2S/c1-13(2)11-14(12-16)6-9-17-8-4-5-15(18-3)7-10-17/h13-15H,4-12,16H2,1-3H3/t14-,15?/m1/s1. The molecule has 0 aromatic rings. The molecule has 1 aliphatic rings. The fraction of sp³-hybridized carbons (Fsp3) is 1.00. The highest BCUT2D eigenvalue weighted by molar-refractivity contribution is 7.99. The van der Waals surface area contributed by atoms with Crippen molar-refractivity contribution in [2.45, 2.75) is 51.2 Å².